The van der Waals surface area contributed by atoms with Crippen molar-refractivity contribution in [2.75, 3.05) is 6.61 Å². The molecule has 2 heteroatoms. The quantitative estimate of drug-likeness (QED) is 0.757. The molecule has 0 saturated heterocycles. The van der Waals surface area contributed by atoms with Crippen LogP contribution in [0.25, 0.3) is 0 Å². The molecule has 1 aromatic rings. The summed E-state index contributed by atoms with van der Waals surface area (Å²) in [5.74, 6) is 1.19. The third-order valence-electron chi connectivity index (χ3n) is 4.69. The molecule has 20 heavy (non-hydrogen) atoms. The minimum Gasteiger partial charge on any atom is -0.466 e. The van der Waals surface area contributed by atoms with E-state index in [1.54, 1.807) is 0 Å². The molecule has 0 N–H and O–H groups in total. The first kappa shape index (κ1) is 15.1. The van der Waals surface area contributed by atoms with E-state index in [1.165, 1.54) is 24.0 Å². The summed E-state index contributed by atoms with van der Waals surface area (Å²) < 4.78 is 5.14. The molecule has 1 aliphatic carbocycles. The predicted octanol–water partition coefficient (Wildman–Crippen LogP) is 4.47. The molecule has 2 nitrogen and oxygen atoms in total. The number of ether oxygens (including phenoxy) is 1. The maximum atomic E-state index is 11.8. The topological polar surface area (TPSA) is 26.3 Å². The number of aryl methyl sites for hydroxylation is 1. The van der Waals surface area contributed by atoms with Crippen LogP contribution in [0.2, 0.25) is 0 Å². The van der Waals surface area contributed by atoms with E-state index >= 15 is 0 Å². The zero-order valence-electron chi connectivity index (χ0n) is 12.9. The zero-order valence-corrected chi connectivity index (χ0v) is 12.9. The molecule has 2 rings (SSSR count). The van der Waals surface area contributed by atoms with Crippen molar-refractivity contribution in [2.24, 2.45) is 11.8 Å². The Balaban J connectivity index is 1.89. The molecule has 0 amide bonds. The summed E-state index contributed by atoms with van der Waals surface area (Å²) in [4.78, 5) is 11.8. The Kier molecular flexibility index (Phi) is 5.22. The molecule has 1 aliphatic rings. The lowest BCUT2D eigenvalue weighted by Gasteiger charge is -2.31. The van der Waals surface area contributed by atoms with Crippen LogP contribution < -0.4 is 0 Å². The van der Waals surface area contributed by atoms with E-state index in [4.69, 9.17) is 4.74 Å². The van der Waals surface area contributed by atoms with Gasteiger partial charge in [0.2, 0.25) is 0 Å². The summed E-state index contributed by atoms with van der Waals surface area (Å²) in [7, 11) is 0. The Morgan fingerprint density at radius 2 is 1.80 bits per heavy atom. The third-order valence-corrected chi connectivity index (χ3v) is 4.69. The lowest BCUT2D eigenvalue weighted by atomic mass is 9.74. The highest BCUT2D eigenvalue weighted by Gasteiger charge is 2.30. The molecule has 0 bridgehead atoms. The fourth-order valence-electron chi connectivity index (χ4n) is 3.26. The van der Waals surface area contributed by atoms with E-state index < -0.39 is 0 Å². The zero-order chi connectivity index (χ0) is 14.5. The van der Waals surface area contributed by atoms with E-state index in [9.17, 15) is 4.79 Å². The van der Waals surface area contributed by atoms with E-state index in [0.29, 0.717) is 18.4 Å². The number of hydrogen-bond acceptors (Lipinski definition) is 2. The number of esters is 1. The Bertz CT molecular complexity index is 427. The van der Waals surface area contributed by atoms with Gasteiger partial charge >= 0.3 is 5.97 Å². The van der Waals surface area contributed by atoms with Crippen molar-refractivity contribution in [2.45, 2.75) is 52.4 Å². The number of rotatable bonds is 4. The third kappa shape index (κ3) is 3.62. The fraction of sp³-hybridized carbons (Fsp3) is 0.611. The van der Waals surface area contributed by atoms with Gasteiger partial charge in [-0.15, -0.1) is 0 Å². The van der Waals surface area contributed by atoms with Crippen molar-refractivity contribution in [3.8, 4) is 0 Å². The van der Waals surface area contributed by atoms with Crippen molar-refractivity contribution < 1.29 is 9.53 Å². The van der Waals surface area contributed by atoms with Gasteiger partial charge in [0, 0.05) is 0 Å². The molecule has 0 aliphatic heterocycles. The minimum absolute atomic E-state index is 0.0220. The number of hydrogen-bond donors (Lipinski definition) is 0. The molecule has 1 unspecified atom stereocenters. The molecule has 0 aromatic heterocycles. The first-order valence-corrected chi connectivity index (χ1v) is 7.85. The average molecular weight is 274 g/mol. The second-order valence-corrected chi connectivity index (χ2v) is 6.06. The van der Waals surface area contributed by atoms with E-state index in [1.807, 2.05) is 13.8 Å². The highest BCUT2D eigenvalue weighted by molar-refractivity contribution is 5.72. The fourth-order valence-corrected chi connectivity index (χ4v) is 3.26. The van der Waals surface area contributed by atoms with Crippen LogP contribution in [0.5, 0.6) is 0 Å². The second kappa shape index (κ2) is 6.92. The van der Waals surface area contributed by atoms with Crippen LogP contribution >= 0.6 is 0 Å². The Morgan fingerprint density at radius 3 is 2.35 bits per heavy atom. The molecule has 1 aromatic carbocycles. The largest absolute Gasteiger partial charge is 0.466 e. The van der Waals surface area contributed by atoms with E-state index in [2.05, 4.69) is 31.2 Å². The van der Waals surface area contributed by atoms with Crippen molar-refractivity contribution in [1.29, 1.82) is 0 Å². The predicted molar refractivity (Wildman–Crippen MR) is 81.7 cm³/mol. The summed E-state index contributed by atoms with van der Waals surface area (Å²) >= 11 is 0. The van der Waals surface area contributed by atoms with Gasteiger partial charge in [-0.3, -0.25) is 4.79 Å². The van der Waals surface area contributed by atoms with Gasteiger partial charge in [-0.25, -0.2) is 0 Å². The van der Waals surface area contributed by atoms with Gasteiger partial charge < -0.3 is 4.74 Å². The molecule has 0 heterocycles. The number of carbonyl (C=O) groups excluding carboxylic acids is 1. The van der Waals surface area contributed by atoms with Crippen molar-refractivity contribution in [3.63, 3.8) is 0 Å². The maximum Gasteiger partial charge on any atom is 0.308 e. The Hall–Kier alpha value is -1.31. The van der Waals surface area contributed by atoms with Gasteiger partial charge in [-0.2, -0.15) is 0 Å². The highest BCUT2D eigenvalue weighted by Crippen LogP contribution is 2.39. The van der Waals surface area contributed by atoms with Gasteiger partial charge in [0.1, 0.15) is 0 Å². The van der Waals surface area contributed by atoms with Gasteiger partial charge in [0.25, 0.3) is 0 Å². The van der Waals surface area contributed by atoms with E-state index in [0.717, 1.165) is 12.8 Å². The molecule has 1 fully saturated rings. The summed E-state index contributed by atoms with van der Waals surface area (Å²) in [6, 6.07) is 8.91. The molecule has 0 radical (unpaired) electrons. The molecular weight excluding hydrogens is 248 g/mol. The van der Waals surface area contributed by atoms with E-state index in [-0.39, 0.29) is 11.9 Å². The Morgan fingerprint density at radius 1 is 1.20 bits per heavy atom. The maximum absolute atomic E-state index is 11.8. The minimum atomic E-state index is -0.0220. The highest BCUT2D eigenvalue weighted by atomic mass is 16.5. The first-order chi connectivity index (χ1) is 9.61. The molecule has 1 atom stereocenters. The number of benzene rings is 1. The molecule has 110 valence electrons. The lowest BCUT2D eigenvalue weighted by Crippen LogP contribution is -2.26. The molecule has 1 saturated carbocycles. The second-order valence-electron chi connectivity index (χ2n) is 6.06. The first-order valence-electron chi connectivity index (χ1n) is 7.85. The van der Waals surface area contributed by atoms with Gasteiger partial charge in [0.05, 0.1) is 12.5 Å². The van der Waals surface area contributed by atoms with Crippen molar-refractivity contribution >= 4 is 5.97 Å². The normalized spacial score (nSPS) is 24.1. The monoisotopic (exact) mass is 274 g/mol. The standard InChI is InChI=1S/C18H26O2/c1-4-20-18(19)14(3)15-9-11-17(12-10-15)16-7-5-13(2)6-8-16/h5-8,14-15,17H,4,9-12H2,1-3H3. The lowest BCUT2D eigenvalue weighted by molar-refractivity contribution is -0.149. The number of carbonyl (C=O) groups is 1. The van der Waals surface area contributed by atoms with Crippen LogP contribution in [0.15, 0.2) is 24.3 Å². The van der Waals surface area contributed by atoms with Crippen molar-refractivity contribution in [3.05, 3.63) is 35.4 Å². The van der Waals surface area contributed by atoms with Crippen molar-refractivity contribution in [1.82, 2.24) is 0 Å². The van der Waals surface area contributed by atoms with Gasteiger partial charge in [-0.05, 0) is 56.9 Å². The molecule has 0 spiro atoms. The average Bonchev–Trinajstić information content (AvgIpc) is 2.48. The smallest absolute Gasteiger partial charge is 0.308 e. The SMILES string of the molecule is CCOC(=O)C(C)C1CCC(c2ccc(C)cc2)CC1. The Labute approximate surface area is 122 Å². The summed E-state index contributed by atoms with van der Waals surface area (Å²) in [6.45, 7) is 6.51. The summed E-state index contributed by atoms with van der Waals surface area (Å²) in [5, 5.41) is 0. The van der Waals surface area contributed by atoms with Crippen LogP contribution in [0, 0.1) is 18.8 Å². The summed E-state index contributed by atoms with van der Waals surface area (Å²) in [5.41, 5.74) is 2.77. The van der Waals surface area contributed by atoms with Crippen LogP contribution in [0.1, 0.15) is 56.6 Å². The van der Waals surface area contributed by atoms with Gasteiger partial charge in [-0.1, -0.05) is 36.8 Å². The van der Waals surface area contributed by atoms with Crippen LogP contribution in [-0.2, 0) is 9.53 Å². The van der Waals surface area contributed by atoms with Crippen LogP contribution in [0.3, 0.4) is 0 Å². The van der Waals surface area contributed by atoms with Crippen LogP contribution in [0.4, 0.5) is 0 Å². The van der Waals surface area contributed by atoms with Crippen LogP contribution in [-0.4, -0.2) is 12.6 Å². The molecular formula is C18H26O2. The summed E-state index contributed by atoms with van der Waals surface area (Å²) in [6.07, 6.45) is 4.66. The van der Waals surface area contributed by atoms with Gasteiger partial charge in [0.15, 0.2) is 0 Å².